The van der Waals surface area contributed by atoms with Crippen molar-refractivity contribution in [2.45, 2.75) is 7.43 Å². The highest BCUT2D eigenvalue weighted by atomic mass is 127. The molecule has 2 N–H and O–H groups in total. The topological polar surface area (TPSA) is 153 Å². The number of furan rings is 1. The Bertz CT molecular complexity index is 2320. The molecule has 0 aliphatic carbocycles. The molecule has 0 atom stereocenters. The van der Waals surface area contributed by atoms with Gasteiger partial charge in [-0.2, -0.15) is 0 Å². The molecule has 3 heterocycles. The molecule has 13 nitrogen and oxygen atoms in total. The van der Waals surface area contributed by atoms with E-state index in [1.807, 2.05) is 48.5 Å². The fraction of sp³-hybridized carbons (Fsp3) is 0.220. The highest BCUT2D eigenvalue weighted by Crippen LogP contribution is 2.40. The van der Waals surface area contributed by atoms with Crippen LogP contribution in [0.3, 0.4) is 0 Å². The Kier molecular flexibility index (Phi) is 26.1. The van der Waals surface area contributed by atoms with E-state index in [0.29, 0.717) is 50.2 Å². The van der Waals surface area contributed by atoms with Crippen LogP contribution in [0.1, 0.15) is 18.7 Å². The molecule has 20 heteroatoms. The fourth-order valence-corrected chi connectivity index (χ4v) is 6.91. The second kappa shape index (κ2) is 28.5. The van der Waals surface area contributed by atoms with Gasteiger partial charge in [0.15, 0.2) is 40.0 Å². The molecule has 6 aromatic rings. The van der Waals surface area contributed by atoms with E-state index in [4.69, 9.17) is 52.4 Å². The molecule has 0 aliphatic rings. The summed E-state index contributed by atoms with van der Waals surface area (Å²) in [5, 5.41) is 18.1. The van der Waals surface area contributed by atoms with Gasteiger partial charge in [0.2, 0.25) is 29.7 Å². The van der Waals surface area contributed by atoms with Crippen molar-refractivity contribution in [1.29, 1.82) is 0 Å². The van der Waals surface area contributed by atoms with Crippen LogP contribution >= 0.6 is 82.7 Å². The smallest absolute Gasteiger partial charge is 0.488 e. The number of ether oxygens (including phenoxy) is 8. The molecule has 3 aromatic heterocycles. The summed E-state index contributed by atoms with van der Waals surface area (Å²) in [4.78, 5) is 8.66. The maximum absolute atomic E-state index is 9.03. The van der Waals surface area contributed by atoms with E-state index in [1.165, 1.54) is 33.5 Å². The number of halogens is 6. The van der Waals surface area contributed by atoms with Crippen LogP contribution in [0.2, 0.25) is 0 Å². The number of hydrogen-bond donors (Lipinski definition) is 2. The van der Waals surface area contributed by atoms with Crippen molar-refractivity contribution in [2.24, 2.45) is 0 Å². The van der Waals surface area contributed by atoms with Crippen molar-refractivity contribution in [2.75, 3.05) is 56.9 Å². The molecule has 0 radical (unpaired) electrons. The Morgan fingerprint density at radius 1 is 0.623 bits per heavy atom. The van der Waals surface area contributed by atoms with E-state index >= 15 is 0 Å². The number of benzene rings is 3. The maximum atomic E-state index is 9.03. The van der Waals surface area contributed by atoms with Gasteiger partial charge in [-0.3, -0.25) is 0 Å². The third-order valence-electron chi connectivity index (χ3n) is 7.89. The molecular weight excluding hydrogens is 1280 g/mol. The molecule has 328 valence electrons. The van der Waals surface area contributed by atoms with Gasteiger partial charge in [-0.05, 0) is 126 Å². The van der Waals surface area contributed by atoms with Gasteiger partial charge in [-0.1, -0.05) is 13.3 Å². The molecule has 6 rings (SSSR count). The summed E-state index contributed by atoms with van der Waals surface area (Å²) in [6.45, 7) is 0. The Balaban J connectivity index is 0.000000448. The lowest BCUT2D eigenvalue weighted by Gasteiger charge is -2.13. The minimum absolute atomic E-state index is 0. The monoisotopic (exact) mass is 1320 g/mol. The molecular formula is C41H44BBr4I2N2O11+. The number of fused-ring (bicyclic) bond motifs is 1. The van der Waals surface area contributed by atoms with Crippen LogP contribution in [0.5, 0.6) is 46.0 Å². The van der Waals surface area contributed by atoms with Crippen molar-refractivity contribution in [3.8, 4) is 69.2 Å². The van der Waals surface area contributed by atoms with Crippen LogP contribution in [0.25, 0.3) is 22.4 Å². The van der Waals surface area contributed by atoms with Crippen LogP contribution in [-0.4, -0.2) is 84.0 Å². The molecule has 0 fully saturated rings. The highest BCUT2D eigenvalue weighted by Gasteiger charge is 2.21. The second-order valence-corrected chi connectivity index (χ2v) is 13.8. The zero-order valence-corrected chi connectivity index (χ0v) is 44.4. The van der Waals surface area contributed by atoms with Crippen molar-refractivity contribution in [1.82, 2.24) is 9.97 Å². The zero-order chi connectivity index (χ0) is 43.6. The third-order valence-corrected chi connectivity index (χ3v) is 10.4. The molecule has 0 aliphatic heterocycles. The second-order valence-electron chi connectivity index (χ2n) is 11.1. The van der Waals surface area contributed by atoms with Gasteiger partial charge in [0, 0.05) is 39.4 Å². The van der Waals surface area contributed by atoms with E-state index in [2.05, 4.69) is 105 Å². The van der Waals surface area contributed by atoms with Gasteiger partial charge in [0.25, 0.3) is 0 Å². The van der Waals surface area contributed by atoms with E-state index in [0.717, 1.165) is 41.9 Å². The van der Waals surface area contributed by atoms with Crippen molar-refractivity contribution in [3.63, 3.8) is 0 Å². The summed E-state index contributed by atoms with van der Waals surface area (Å²) in [6, 6.07) is 18.2. The minimum atomic E-state index is -1.57. The maximum Gasteiger partial charge on any atom is 0.488 e. The van der Waals surface area contributed by atoms with Crippen LogP contribution in [0, 0.1) is 15.4 Å². The average molecular weight is 1330 g/mol. The summed E-state index contributed by atoms with van der Waals surface area (Å²) in [5.74, 6) is 11.4. The summed E-state index contributed by atoms with van der Waals surface area (Å²) >= 11 is 14.7. The predicted molar refractivity (Wildman–Crippen MR) is 260 cm³/mol. The van der Waals surface area contributed by atoms with Crippen molar-refractivity contribution in [3.05, 3.63) is 96.8 Å². The van der Waals surface area contributed by atoms with Crippen LogP contribution in [0.15, 0.2) is 86.4 Å². The lowest BCUT2D eigenvalue weighted by Crippen LogP contribution is -3.00. The first-order valence-electron chi connectivity index (χ1n) is 16.7. The largest absolute Gasteiger partial charge is 0.497 e. The predicted octanol–water partition coefficient (Wildman–Crippen LogP) is 6.34. The minimum Gasteiger partial charge on any atom is -0.497 e. The first kappa shape index (κ1) is 55.8. The van der Waals surface area contributed by atoms with Crippen molar-refractivity contribution >= 4 is 106 Å². The zero-order valence-electron chi connectivity index (χ0n) is 33.3. The van der Waals surface area contributed by atoms with E-state index < -0.39 is 7.12 Å². The van der Waals surface area contributed by atoms with Gasteiger partial charge in [-0.25, -0.2) is 9.97 Å². The van der Waals surface area contributed by atoms with Crippen LogP contribution < -0.4 is 67.3 Å². The Morgan fingerprint density at radius 2 is 1.10 bits per heavy atom. The van der Waals surface area contributed by atoms with Crippen LogP contribution in [-0.2, 0) is 0 Å². The Labute approximate surface area is 418 Å². The fourth-order valence-electron chi connectivity index (χ4n) is 4.96. The van der Waals surface area contributed by atoms with Gasteiger partial charge >= 0.3 is 7.12 Å². The molecule has 61 heavy (non-hydrogen) atoms. The number of hydrogen-bond acceptors (Lipinski definition) is 13. The van der Waals surface area contributed by atoms with Gasteiger partial charge < -0.3 is 52.4 Å². The standard InChI is InChI=1S/C16H14BrNO3.C15H11BrINO3.C9H13BO5.CH4.Br2.H2I/c1-19-12-7-4-11(5-8-12)6-9-13-16(21-3)15(17)14(20-2)10-18-13;1-19-9-5-3-8(4-6-9)14-12(17)13-15(21-14)11(16)10(20-2)7-18-13;1-13-7-4-6(10(11)12)5-8(14-2)9(7)15-3;;1-2;/h4-5,7-8,10H,1-3H3;3-7H,1-2H3;4-5,11-12H,1-3H3;1H4;;1H2/q;;;;;+1. The van der Waals surface area contributed by atoms with Crippen LogP contribution in [0.4, 0.5) is 0 Å². The van der Waals surface area contributed by atoms with Gasteiger partial charge in [0.05, 0.1) is 72.8 Å². The van der Waals surface area contributed by atoms with E-state index in [1.54, 1.807) is 47.9 Å². The number of aromatic nitrogens is 2. The molecule has 3 aromatic carbocycles. The Morgan fingerprint density at radius 3 is 1.56 bits per heavy atom. The summed E-state index contributed by atoms with van der Waals surface area (Å²) < 4.78 is 49.6. The quantitative estimate of drug-likeness (QED) is 0.0893. The normalized spacial score (nSPS) is 9.49. The number of methoxy groups -OCH3 is 8. The summed E-state index contributed by atoms with van der Waals surface area (Å²) in [6.07, 6.45) is 3.28. The molecule has 0 unspecified atom stereocenters. The lowest BCUT2D eigenvalue weighted by molar-refractivity contribution is -0.0000170. The summed E-state index contributed by atoms with van der Waals surface area (Å²) in [5.41, 5.74) is 4.17. The van der Waals surface area contributed by atoms with Gasteiger partial charge in [0.1, 0.15) is 31.7 Å². The molecule has 0 bridgehead atoms. The summed E-state index contributed by atoms with van der Waals surface area (Å²) in [7, 11) is 10.9. The third kappa shape index (κ3) is 14.7. The first-order valence-corrected chi connectivity index (χ1v) is 23.0. The van der Waals surface area contributed by atoms with E-state index in [9.17, 15) is 0 Å². The van der Waals surface area contributed by atoms with Gasteiger partial charge in [-0.15, -0.1) is 0 Å². The molecule has 0 spiro atoms. The number of rotatable bonds is 10. The molecule has 0 saturated heterocycles. The Hall–Kier alpha value is -3.18. The lowest BCUT2D eigenvalue weighted by atomic mass is 9.80. The number of nitrogens with zero attached hydrogens (tertiary/aromatic N) is 2. The van der Waals surface area contributed by atoms with Crippen molar-refractivity contribution < 1.29 is 76.3 Å². The average Bonchev–Trinajstić information content (AvgIpc) is 3.62. The first-order chi connectivity index (χ1) is 28.5. The molecule has 0 amide bonds. The SMILES string of the molecule is BrBr.C.COc1cc(B(O)O)cc(OC)c1OC.COc1ccc(-c2oc3c(Br)c(OC)cnc3c2I)cc1.COc1ccc(C#Cc2ncc(OC)c(Br)c2OC)cc1.[IH2+]. The van der Waals surface area contributed by atoms with E-state index in [-0.39, 0.29) is 36.9 Å². The number of pyridine rings is 2. The molecule has 0 saturated carbocycles. The highest BCUT2D eigenvalue weighted by molar-refractivity contribution is 14.1.